The molecular formula is C20H15N3O4S. The summed E-state index contributed by atoms with van der Waals surface area (Å²) in [4.78, 5) is 29.0. The van der Waals surface area contributed by atoms with Crippen molar-refractivity contribution in [1.29, 1.82) is 0 Å². The Balaban J connectivity index is 1.53. The minimum Gasteiger partial charge on any atom is -0.496 e. The zero-order valence-electron chi connectivity index (χ0n) is 14.8. The molecule has 2 N–H and O–H groups in total. The minimum absolute atomic E-state index is 0.212. The Morgan fingerprint density at radius 3 is 2.68 bits per heavy atom. The van der Waals surface area contributed by atoms with Crippen LogP contribution in [0.5, 0.6) is 5.75 Å². The number of benzene rings is 2. The molecule has 7 nitrogen and oxygen atoms in total. The van der Waals surface area contributed by atoms with Gasteiger partial charge < -0.3 is 14.5 Å². The zero-order valence-corrected chi connectivity index (χ0v) is 15.6. The summed E-state index contributed by atoms with van der Waals surface area (Å²) >= 11 is 1.31. The number of rotatable bonds is 5. The third-order valence-corrected chi connectivity index (χ3v) is 4.90. The molecule has 0 saturated heterocycles. The molecule has 0 aliphatic rings. The van der Waals surface area contributed by atoms with E-state index in [-0.39, 0.29) is 17.6 Å². The molecule has 0 unspecified atom stereocenters. The molecular weight excluding hydrogens is 378 g/mol. The number of aromatic nitrogens is 1. The van der Waals surface area contributed by atoms with Crippen LogP contribution in [0.25, 0.3) is 10.2 Å². The van der Waals surface area contributed by atoms with Crippen LogP contribution >= 0.6 is 11.3 Å². The van der Waals surface area contributed by atoms with Gasteiger partial charge in [0, 0.05) is 5.69 Å². The van der Waals surface area contributed by atoms with E-state index < -0.39 is 0 Å². The van der Waals surface area contributed by atoms with Crippen LogP contribution in [0.15, 0.2) is 65.3 Å². The van der Waals surface area contributed by atoms with Gasteiger partial charge in [0.15, 0.2) is 10.9 Å². The fourth-order valence-electron chi connectivity index (χ4n) is 2.65. The first-order chi connectivity index (χ1) is 13.6. The van der Waals surface area contributed by atoms with Crippen molar-refractivity contribution in [2.75, 3.05) is 17.7 Å². The van der Waals surface area contributed by atoms with E-state index in [0.717, 1.165) is 10.2 Å². The number of para-hydroxylation sites is 1. The number of thiazole rings is 1. The van der Waals surface area contributed by atoms with E-state index in [2.05, 4.69) is 15.6 Å². The molecule has 0 fully saturated rings. The summed E-state index contributed by atoms with van der Waals surface area (Å²) in [6.07, 6.45) is 1.43. The van der Waals surface area contributed by atoms with Crippen LogP contribution in [0.3, 0.4) is 0 Å². The van der Waals surface area contributed by atoms with Crippen LogP contribution in [0.2, 0.25) is 0 Å². The Kier molecular flexibility index (Phi) is 4.77. The van der Waals surface area contributed by atoms with E-state index >= 15 is 0 Å². The second-order valence-electron chi connectivity index (χ2n) is 5.79. The summed E-state index contributed by atoms with van der Waals surface area (Å²) in [7, 11) is 1.52. The number of hydrogen-bond donors (Lipinski definition) is 2. The highest BCUT2D eigenvalue weighted by Gasteiger charge is 2.14. The van der Waals surface area contributed by atoms with E-state index in [1.165, 1.54) is 24.7 Å². The van der Waals surface area contributed by atoms with Crippen LogP contribution in [0, 0.1) is 0 Å². The highest BCUT2D eigenvalue weighted by atomic mass is 32.1. The molecule has 2 aromatic carbocycles. The number of amides is 2. The van der Waals surface area contributed by atoms with Crippen LogP contribution in [-0.2, 0) is 0 Å². The maximum Gasteiger partial charge on any atom is 0.293 e. The van der Waals surface area contributed by atoms with Crippen LogP contribution in [-0.4, -0.2) is 23.9 Å². The first-order valence-electron chi connectivity index (χ1n) is 8.34. The molecule has 4 rings (SSSR count). The highest BCUT2D eigenvalue weighted by molar-refractivity contribution is 7.22. The Labute approximate surface area is 164 Å². The van der Waals surface area contributed by atoms with Gasteiger partial charge in [0.2, 0.25) is 0 Å². The summed E-state index contributed by atoms with van der Waals surface area (Å²) in [6, 6.07) is 15.6. The molecule has 2 aromatic heterocycles. The summed E-state index contributed by atoms with van der Waals surface area (Å²) in [5, 5.41) is 6.01. The Bertz CT molecular complexity index is 1150. The second kappa shape index (κ2) is 7.53. The molecule has 2 heterocycles. The molecule has 0 radical (unpaired) electrons. The molecule has 0 bridgehead atoms. The number of carbonyl (C=O) groups excluding carboxylic acids is 2. The number of fused-ring (bicyclic) bond motifs is 1. The van der Waals surface area contributed by atoms with Crippen molar-refractivity contribution in [3.8, 4) is 5.75 Å². The van der Waals surface area contributed by atoms with E-state index in [1.807, 2.05) is 6.07 Å². The van der Waals surface area contributed by atoms with Crippen LogP contribution in [0.4, 0.5) is 10.8 Å². The lowest BCUT2D eigenvalue weighted by Crippen LogP contribution is -2.12. The van der Waals surface area contributed by atoms with Gasteiger partial charge in [-0.15, -0.1) is 0 Å². The Hall–Kier alpha value is -3.65. The van der Waals surface area contributed by atoms with Crippen molar-refractivity contribution < 1.29 is 18.7 Å². The topological polar surface area (TPSA) is 93.5 Å². The smallest absolute Gasteiger partial charge is 0.293 e. The van der Waals surface area contributed by atoms with Crippen molar-refractivity contribution in [1.82, 2.24) is 4.98 Å². The molecule has 8 heteroatoms. The van der Waals surface area contributed by atoms with Gasteiger partial charge in [-0.05, 0) is 42.5 Å². The van der Waals surface area contributed by atoms with Gasteiger partial charge in [-0.25, -0.2) is 4.98 Å². The maximum absolute atomic E-state index is 12.5. The summed E-state index contributed by atoms with van der Waals surface area (Å²) in [6.45, 7) is 0. The number of carbonyl (C=O) groups is 2. The molecule has 140 valence electrons. The summed E-state index contributed by atoms with van der Waals surface area (Å²) in [5.74, 6) is 0.0761. The van der Waals surface area contributed by atoms with Crippen molar-refractivity contribution in [2.45, 2.75) is 0 Å². The Morgan fingerprint density at radius 1 is 1.04 bits per heavy atom. The molecule has 0 aliphatic carbocycles. The molecule has 2 amide bonds. The SMILES string of the molecule is COc1ccccc1C(=O)Nc1ccc2nc(NC(=O)c3ccco3)sc2c1. The lowest BCUT2D eigenvalue weighted by Gasteiger charge is -2.09. The third kappa shape index (κ3) is 3.58. The minimum atomic E-state index is -0.367. The van der Waals surface area contributed by atoms with Crippen LogP contribution in [0.1, 0.15) is 20.9 Å². The van der Waals surface area contributed by atoms with Crippen molar-refractivity contribution in [3.05, 3.63) is 72.2 Å². The number of anilines is 2. The molecule has 4 aromatic rings. The number of methoxy groups -OCH3 is 1. The standard InChI is InChI=1S/C20H15N3O4S/c1-26-15-6-3-2-5-13(15)18(24)21-12-8-9-14-17(11-12)28-20(22-14)23-19(25)16-7-4-10-27-16/h2-11H,1H3,(H,21,24)(H,22,23,25). The normalized spacial score (nSPS) is 10.6. The zero-order chi connectivity index (χ0) is 19.5. The number of hydrogen-bond acceptors (Lipinski definition) is 6. The van der Waals surface area contributed by atoms with Crippen molar-refractivity contribution in [3.63, 3.8) is 0 Å². The maximum atomic E-state index is 12.5. The average Bonchev–Trinajstić information content (AvgIpc) is 3.37. The lowest BCUT2D eigenvalue weighted by molar-refractivity contribution is 0.0994. The fourth-order valence-corrected chi connectivity index (χ4v) is 3.55. The van der Waals surface area contributed by atoms with Gasteiger partial charge in [-0.1, -0.05) is 23.5 Å². The quantitative estimate of drug-likeness (QED) is 0.524. The molecule has 0 aliphatic heterocycles. The monoisotopic (exact) mass is 393 g/mol. The van der Waals surface area contributed by atoms with E-state index in [0.29, 0.717) is 22.1 Å². The lowest BCUT2D eigenvalue weighted by atomic mass is 10.2. The van der Waals surface area contributed by atoms with Gasteiger partial charge >= 0.3 is 0 Å². The first kappa shape index (κ1) is 17.7. The van der Waals surface area contributed by atoms with Gasteiger partial charge in [0.05, 0.1) is 29.2 Å². The number of nitrogens with one attached hydrogen (secondary N) is 2. The second-order valence-corrected chi connectivity index (χ2v) is 6.82. The van der Waals surface area contributed by atoms with Gasteiger partial charge in [-0.2, -0.15) is 0 Å². The van der Waals surface area contributed by atoms with E-state index in [9.17, 15) is 9.59 Å². The average molecular weight is 393 g/mol. The molecule has 28 heavy (non-hydrogen) atoms. The predicted octanol–water partition coefficient (Wildman–Crippen LogP) is 4.40. The van der Waals surface area contributed by atoms with E-state index in [4.69, 9.17) is 9.15 Å². The molecule has 0 spiro atoms. The fraction of sp³-hybridized carbons (Fsp3) is 0.0500. The van der Waals surface area contributed by atoms with E-state index in [1.54, 1.807) is 48.5 Å². The van der Waals surface area contributed by atoms with Crippen molar-refractivity contribution in [2.24, 2.45) is 0 Å². The molecule has 0 atom stereocenters. The summed E-state index contributed by atoms with van der Waals surface area (Å²) < 4.78 is 11.1. The number of furan rings is 1. The van der Waals surface area contributed by atoms with Gasteiger partial charge in [0.1, 0.15) is 5.75 Å². The number of nitrogens with zero attached hydrogens (tertiary/aromatic N) is 1. The highest BCUT2D eigenvalue weighted by Crippen LogP contribution is 2.29. The Morgan fingerprint density at radius 2 is 1.89 bits per heavy atom. The molecule has 0 saturated carbocycles. The first-order valence-corrected chi connectivity index (χ1v) is 9.15. The van der Waals surface area contributed by atoms with Crippen LogP contribution < -0.4 is 15.4 Å². The number of ether oxygens (including phenoxy) is 1. The van der Waals surface area contributed by atoms with Gasteiger partial charge in [0.25, 0.3) is 11.8 Å². The van der Waals surface area contributed by atoms with Gasteiger partial charge in [-0.3, -0.25) is 14.9 Å². The van der Waals surface area contributed by atoms with Crippen molar-refractivity contribution >= 4 is 44.2 Å². The third-order valence-electron chi connectivity index (χ3n) is 3.96. The largest absolute Gasteiger partial charge is 0.496 e. The predicted molar refractivity (Wildman–Crippen MR) is 107 cm³/mol. The summed E-state index contributed by atoms with van der Waals surface area (Å²) in [5.41, 5.74) is 1.78.